The molecule has 2 unspecified atom stereocenters. The molecule has 0 aromatic heterocycles. The van der Waals surface area contributed by atoms with Crippen molar-refractivity contribution in [2.75, 3.05) is 6.26 Å². The molecule has 4 saturated carbocycles. The lowest BCUT2D eigenvalue weighted by Crippen LogP contribution is -2.62. The largest absolute Gasteiger partial charge is 0.213 e. The molecule has 0 heterocycles. The molecule has 0 spiro atoms. The Morgan fingerprint density at radius 3 is 2.11 bits per heavy atom. The Hall–Kier alpha value is -0.0900. The van der Waals surface area contributed by atoms with E-state index in [0.29, 0.717) is 0 Å². The first-order valence-electron chi connectivity index (χ1n) is 7.27. The van der Waals surface area contributed by atoms with Gasteiger partial charge >= 0.3 is 0 Å². The van der Waals surface area contributed by atoms with Crippen molar-refractivity contribution in [3.8, 4) is 0 Å². The summed E-state index contributed by atoms with van der Waals surface area (Å²) in [5.74, 6) is 3.86. The molecule has 4 aliphatic rings. The van der Waals surface area contributed by atoms with E-state index in [2.05, 4.69) is 18.6 Å². The minimum Gasteiger partial charge on any atom is -0.213 e. The Morgan fingerprint density at radius 2 is 1.67 bits per heavy atom. The third-order valence-corrected chi connectivity index (χ3v) is 6.32. The molecule has 4 bridgehead atoms. The summed E-state index contributed by atoms with van der Waals surface area (Å²) in [5.41, 5.74) is -0.0878. The van der Waals surface area contributed by atoms with Crippen LogP contribution in [0.1, 0.15) is 46.0 Å². The molecule has 4 rings (SSSR count). The minimum absolute atomic E-state index is 0.0878. The highest BCUT2D eigenvalue weighted by Crippen LogP contribution is 2.60. The molecule has 0 radical (unpaired) electrons. The molecule has 0 amide bonds. The van der Waals surface area contributed by atoms with Gasteiger partial charge in [-0.25, -0.2) is 13.1 Å². The van der Waals surface area contributed by atoms with Crippen molar-refractivity contribution >= 4 is 10.0 Å². The van der Waals surface area contributed by atoms with Crippen LogP contribution in [0.25, 0.3) is 0 Å². The van der Waals surface area contributed by atoms with E-state index >= 15 is 0 Å². The predicted octanol–water partition coefficient (Wildman–Crippen LogP) is 2.39. The van der Waals surface area contributed by atoms with Gasteiger partial charge in [-0.2, -0.15) is 0 Å². The Bertz CT molecular complexity index is 427. The average molecular weight is 271 g/mol. The van der Waals surface area contributed by atoms with E-state index in [9.17, 15) is 8.42 Å². The predicted molar refractivity (Wildman–Crippen MR) is 72.6 cm³/mol. The second-order valence-electron chi connectivity index (χ2n) is 7.45. The van der Waals surface area contributed by atoms with E-state index in [4.69, 9.17) is 0 Å². The van der Waals surface area contributed by atoms with Crippen molar-refractivity contribution in [3.05, 3.63) is 0 Å². The monoisotopic (exact) mass is 271 g/mol. The minimum atomic E-state index is -3.07. The first-order chi connectivity index (χ1) is 8.28. The molecule has 3 nitrogen and oxygen atoms in total. The van der Waals surface area contributed by atoms with Gasteiger partial charge in [-0.3, -0.25) is 0 Å². The lowest BCUT2D eigenvalue weighted by Gasteiger charge is -2.61. The number of nitrogens with one attached hydrogen (secondary N) is 1. The molecular formula is C14H25NO2S. The zero-order valence-electron chi connectivity index (χ0n) is 11.6. The van der Waals surface area contributed by atoms with Crippen molar-refractivity contribution < 1.29 is 8.42 Å². The molecule has 0 saturated heterocycles. The van der Waals surface area contributed by atoms with Gasteiger partial charge in [0.15, 0.2) is 0 Å². The first-order valence-corrected chi connectivity index (χ1v) is 9.16. The summed E-state index contributed by atoms with van der Waals surface area (Å²) in [7, 11) is -3.07. The fourth-order valence-electron chi connectivity index (χ4n) is 5.67. The van der Waals surface area contributed by atoms with E-state index in [1.54, 1.807) is 0 Å². The highest BCUT2D eigenvalue weighted by Gasteiger charge is 2.56. The van der Waals surface area contributed by atoms with Crippen molar-refractivity contribution in [2.24, 2.45) is 29.6 Å². The molecule has 2 atom stereocenters. The van der Waals surface area contributed by atoms with Crippen LogP contribution in [0, 0.1) is 29.6 Å². The second kappa shape index (κ2) is 3.95. The summed E-state index contributed by atoms with van der Waals surface area (Å²) >= 11 is 0. The van der Waals surface area contributed by atoms with Gasteiger partial charge in [-0.15, -0.1) is 0 Å². The van der Waals surface area contributed by atoms with E-state index in [-0.39, 0.29) is 5.54 Å². The van der Waals surface area contributed by atoms with E-state index in [1.807, 2.05) is 0 Å². The van der Waals surface area contributed by atoms with E-state index < -0.39 is 10.0 Å². The van der Waals surface area contributed by atoms with Gasteiger partial charge in [0.1, 0.15) is 0 Å². The van der Waals surface area contributed by atoms with Gasteiger partial charge in [0.05, 0.1) is 6.26 Å². The van der Waals surface area contributed by atoms with Crippen molar-refractivity contribution in [1.82, 2.24) is 4.72 Å². The van der Waals surface area contributed by atoms with Gasteiger partial charge in [-0.05, 0) is 61.7 Å². The van der Waals surface area contributed by atoms with Gasteiger partial charge in [-0.1, -0.05) is 13.8 Å². The SMILES string of the molecule is CC(C)[C@H]1C2CC3CC1C[C@](NS(C)(=O)=O)(C3)C2. The van der Waals surface area contributed by atoms with Gasteiger partial charge in [0.25, 0.3) is 0 Å². The highest BCUT2D eigenvalue weighted by atomic mass is 32.2. The van der Waals surface area contributed by atoms with Gasteiger partial charge < -0.3 is 0 Å². The standard InChI is InChI=1S/C14H25NO2S/c1-9(2)13-11-4-10-5-12(13)8-14(6-10,7-11)15-18(3,16)17/h9-13,15H,4-8H2,1-3H3/t10?,11?,12?,13-,14-. The number of sulfonamides is 1. The second-order valence-corrected chi connectivity index (χ2v) is 9.19. The van der Waals surface area contributed by atoms with E-state index in [0.717, 1.165) is 48.9 Å². The fourth-order valence-corrected chi connectivity index (χ4v) is 6.71. The Morgan fingerprint density at radius 1 is 1.11 bits per heavy atom. The van der Waals surface area contributed by atoms with Crippen LogP contribution in [-0.4, -0.2) is 20.2 Å². The fraction of sp³-hybridized carbons (Fsp3) is 1.00. The topological polar surface area (TPSA) is 46.2 Å². The summed E-state index contributed by atoms with van der Waals surface area (Å²) < 4.78 is 26.2. The Balaban J connectivity index is 1.87. The third-order valence-electron chi connectivity index (χ3n) is 5.52. The molecule has 4 fully saturated rings. The molecule has 18 heavy (non-hydrogen) atoms. The van der Waals surface area contributed by atoms with Crippen LogP contribution in [0.4, 0.5) is 0 Å². The number of hydrogen-bond acceptors (Lipinski definition) is 2. The maximum atomic E-state index is 11.6. The summed E-state index contributed by atoms with van der Waals surface area (Å²) in [5, 5.41) is 0. The summed E-state index contributed by atoms with van der Waals surface area (Å²) in [6.07, 6.45) is 7.23. The van der Waals surface area contributed by atoms with Crippen LogP contribution in [0.2, 0.25) is 0 Å². The lowest BCUT2D eigenvalue weighted by molar-refractivity contribution is -0.0742. The maximum absolute atomic E-state index is 11.6. The maximum Gasteiger partial charge on any atom is 0.209 e. The quantitative estimate of drug-likeness (QED) is 0.856. The van der Waals surface area contributed by atoms with Crippen LogP contribution in [0.3, 0.4) is 0 Å². The van der Waals surface area contributed by atoms with Crippen LogP contribution in [0.15, 0.2) is 0 Å². The van der Waals surface area contributed by atoms with Crippen LogP contribution in [0.5, 0.6) is 0 Å². The zero-order chi connectivity index (χ0) is 13.1. The average Bonchev–Trinajstić information content (AvgIpc) is 2.09. The zero-order valence-corrected chi connectivity index (χ0v) is 12.5. The molecule has 0 aromatic carbocycles. The molecular weight excluding hydrogens is 246 g/mol. The van der Waals surface area contributed by atoms with Gasteiger partial charge in [0.2, 0.25) is 10.0 Å². The van der Waals surface area contributed by atoms with Crippen LogP contribution in [-0.2, 0) is 10.0 Å². The first kappa shape index (κ1) is 12.9. The Labute approximate surface area is 111 Å². The van der Waals surface area contributed by atoms with Crippen molar-refractivity contribution in [3.63, 3.8) is 0 Å². The molecule has 4 heteroatoms. The lowest BCUT2D eigenvalue weighted by atomic mass is 9.47. The highest BCUT2D eigenvalue weighted by molar-refractivity contribution is 7.88. The molecule has 0 aromatic rings. The van der Waals surface area contributed by atoms with Gasteiger partial charge in [0, 0.05) is 5.54 Å². The smallest absolute Gasteiger partial charge is 0.209 e. The third kappa shape index (κ3) is 2.11. The number of rotatable bonds is 3. The summed E-state index contributed by atoms with van der Waals surface area (Å²) in [6, 6.07) is 0. The number of hydrogen-bond donors (Lipinski definition) is 1. The van der Waals surface area contributed by atoms with E-state index in [1.165, 1.54) is 19.1 Å². The van der Waals surface area contributed by atoms with Crippen molar-refractivity contribution in [1.29, 1.82) is 0 Å². The van der Waals surface area contributed by atoms with Crippen LogP contribution < -0.4 is 4.72 Å². The van der Waals surface area contributed by atoms with Crippen molar-refractivity contribution in [2.45, 2.75) is 51.5 Å². The summed E-state index contributed by atoms with van der Waals surface area (Å²) in [6.45, 7) is 4.67. The molecule has 1 N–H and O–H groups in total. The molecule has 104 valence electrons. The summed E-state index contributed by atoms with van der Waals surface area (Å²) in [4.78, 5) is 0. The normalized spacial score (nSPS) is 46.9. The van der Waals surface area contributed by atoms with Crippen LogP contribution >= 0.6 is 0 Å². The molecule has 4 aliphatic carbocycles. The Kier molecular flexibility index (Phi) is 2.84. The molecule has 0 aliphatic heterocycles.